The lowest BCUT2D eigenvalue weighted by atomic mass is 10.0. The van der Waals surface area contributed by atoms with Crippen molar-refractivity contribution < 1.29 is 28.2 Å². The van der Waals surface area contributed by atoms with Crippen LogP contribution in [-0.2, 0) is 4.79 Å². The van der Waals surface area contributed by atoms with E-state index in [0.717, 1.165) is 0 Å². The van der Waals surface area contributed by atoms with Gasteiger partial charge in [-0.2, -0.15) is 8.78 Å². The van der Waals surface area contributed by atoms with E-state index >= 15 is 0 Å². The lowest BCUT2D eigenvalue weighted by molar-refractivity contribution is -0.138. The molecule has 0 heterocycles. The van der Waals surface area contributed by atoms with Crippen LogP contribution in [-0.4, -0.2) is 23.6 Å². The first-order valence-electron chi connectivity index (χ1n) is 7.89. The number of alkyl halides is 2. The molecule has 0 aliphatic rings. The summed E-state index contributed by atoms with van der Waals surface area (Å²) in [6.07, 6.45) is 0. The molecule has 5 nitrogen and oxygen atoms in total. The molecule has 2 N–H and O–H groups in total. The number of ether oxygens (including phenoxy) is 1. The minimum absolute atomic E-state index is 0.0498. The van der Waals surface area contributed by atoms with Crippen molar-refractivity contribution in [1.29, 1.82) is 0 Å². The monoisotopic (exact) mass is 363 g/mol. The number of carboxylic acid groups (broad SMARTS) is 1. The second kappa shape index (κ2) is 7.95. The van der Waals surface area contributed by atoms with Gasteiger partial charge in [-0.15, -0.1) is 0 Å². The largest absolute Gasteiger partial charge is 0.481 e. The predicted molar refractivity (Wildman–Crippen MR) is 93.0 cm³/mol. The van der Waals surface area contributed by atoms with E-state index in [0.29, 0.717) is 27.9 Å². The number of carbonyl (C=O) groups is 2. The summed E-state index contributed by atoms with van der Waals surface area (Å²) in [5.41, 5.74) is 2.14. The number of aryl methyl sites for hydroxylation is 2. The van der Waals surface area contributed by atoms with Gasteiger partial charge in [0, 0.05) is 11.3 Å². The van der Waals surface area contributed by atoms with E-state index in [1.165, 1.54) is 12.1 Å². The quantitative estimate of drug-likeness (QED) is 0.800. The Morgan fingerprint density at radius 2 is 1.73 bits per heavy atom. The summed E-state index contributed by atoms with van der Waals surface area (Å²) in [7, 11) is 0. The first-order chi connectivity index (χ1) is 12.2. The first-order valence-corrected chi connectivity index (χ1v) is 7.89. The van der Waals surface area contributed by atoms with Crippen molar-refractivity contribution in [3.63, 3.8) is 0 Å². The molecule has 1 atom stereocenters. The maximum atomic E-state index is 12.5. The number of rotatable bonds is 6. The highest BCUT2D eigenvalue weighted by Gasteiger charge is 2.16. The number of carbonyl (C=O) groups excluding carboxylic acids is 1. The molecule has 0 fully saturated rings. The molecule has 138 valence electrons. The Morgan fingerprint density at radius 1 is 1.12 bits per heavy atom. The number of hydrogen-bond donors (Lipinski definition) is 2. The van der Waals surface area contributed by atoms with Gasteiger partial charge in [0.1, 0.15) is 5.75 Å². The van der Waals surface area contributed by atoms with E-state index in [2.05, 4.69) is 10.1 Å². The van der Waals surface area contributed by atoms with Crippen molar-refractivity contribution in [2.45, 2.75) is 33.3 Å². The zero-order valence-corrected chi connectivity index (χ0v) is 14.5. The Kier molecular flexibility index (Phi) is 5.92. The molecule has 1 unspecified atom stereocenters. The van der Waals surface area contributed by atoms with Crippen molar-refractivity contribution in [2.24, 2.45) is 0 Å². The van der Waals surface area contributed by atoms with Crippen LogP contribution in [0.1, 0.15) is 39.9 Å². The Hall–Kier alpha value is -2.96. The van der Waals surface area contributed by atoms with Crippen molar-refractivity contribution in [3.05, 3.63) is 58.7 Å². The van der Waals surface area contributed by atoms with Crippen LogP contribution in [0.15, 0.2) is 36.4 Å². The van der Waals surface area contributed by atoms with E-state index in [-0.39, 0.29) is 5.75 Å². The highest BCUT2D eigenvalue weighted by atomic mass is 19.3. The molecule has 0 aliphatic carbocycles. The summed E-state index contributed by atoms with van der Waals surface area (Å²) >= 11 is 0. The van der Waals surface area contributed by atoms with Gasteiger partial charge in [0.2, 0.25) is 0 Å². The number of halogens is 2. The van der Waals surface area contributed by atoms with Crippen LogP contribution in [0.5, 0.6) is 5.75 Å². The number of aliphatic carboxylic acids is 1. The second-order valence-electron chi connectivity index (χ2n) is 5.96. The molecule has 2 aromatic rings. The van der Waals surface area contributed by atoms with Crippen molar-refractivity contribution in [1.82, 2.24) is 0 Å². The Balaban J connectivity index is 2.23. The molecular weight excluding hydrogens is 344 g/mol. The Labute approximate surface area is 149 Å². The Morgan fingerprint density at radius 3 is 2.27 bits per heavy atom. The summed E-state index contributed by atoms with van der Waals surface area (Å²) < 4.78 is 29.4. The Bertz CT molecular complexity index is 813. The molecule has 0 spiro atoms. The average Bonchev–Trinajstić information content (AvgIpc) is 2.57. The SMILES string of the molecule is Cc1cc(C(=O)Nc2cccc(C(C)C(=O)O)c2)cc(C)c1OC(F)F. The maximum Gasteiger partial charge on any atom is 0.387 e. The third-order valence-electron chi connectivity index (χ3n) is 3.94. The molecule has 2 rings (SSSR count). The minimum Gasteiger partial charge on any atom is -0.481 e. The summed E-state index contributed by atoms with van der Waals surface area (Å²) in [6.45, 7) is 1.77. The predicted octanol–water partition coefficient (Wildman–Crippen LogP) is 4.35. The molecule has 2 aromatic carbocycles. The molecular formula is C19H19F2NO4. The highest BCUT2D eigenvalue weighted by molar-refractivity contribution is 6.04. The van der Waals surface area contributed by atoms with E-state index in [1.807, 2.05) is 0 Å². The molecule has 0 bridgehead atoms. The number of benzene rings is 2. The normalized spacial score (nSPS) is 11.9. The fourth-order valence-corrected chi connectivity index (χ4v) is 2.59. The van der Waals surface area contributed by atoms with Gasteiger partial charge < -0.3 is 15.2 Å². The minimum atomic E-state index is -2.94. The van der Waals surface area contributed by atoms with Gasteiger partial charge >= 0.3 is 12.6 Å². The third-order valence-corrected chi connectivity index (χ3v) is 3.94. The third kappa shape index (κ3) is 4.56. The zero-order valence-electron chi connectivity index (χ0n) is 14.5. The summed E-state index contributed by atoms with van der Waals surface area (Å²) in [5.74, 6) is -2.05. The summed E-state index contributed by atoms with van der Waals surface area (Å²) in [5, 5.41) is 11.8. The van der Waals surface area contributed by atoms with Crippen LogP contribution in [0.4, 0.5) is 14.5 Å². The van der Waals surface area contributed by atoms with E-state index < -0.39 is 24.4 Å². The zero-order chi connectivity index (χ0) is 19.4. The van der Waals surface area contributed by atoms with Gasteiger partial charge in [-0.05, 0) is 61.7 Å². The molecule has 26 heavy (non-hydrogen) atoms. The lowest BCUT2D eigenvalue weighted by Gasteiger charge is -2.14. The smallest absolute Gasteiger partial charge is 0.387 e. The van der Waals surface area contributed by atoms with Crippen LogP contribution < -0.4 is 10.1 Å². The van der Waals surface area contributed by atoms with Crippen LogP contribution >= 0.6 is 0 Å². The van der Waals surface area contributed by atoms with Gasteiger partial charge in [-0.25, -0.2) is 0 Å². The van der Waals surface area contributed by atoms with Crippen molar-refractivity contribution in [2.75, 3.05) is 5.32 Å². The molecule has 0 radical (unpaired) electrons. The van der Waals surface area contributed by atoms with Crippen LogP contribution in [0.2, 0.25) is 0 Å². The maximum absolute atomic E-state index is 12.5. The van der Waals surface area contributed by atoms with Crippen molar-refractivity contribution >= 4 is 17.6 Å². The van der Waals surface area contributed by atoms with Gasteiger partial charge in [-0.3, -0.25) is 9.59 Å². The molecule has 0 aromatic heterocycles. The molecule has 0 saturated heterocycles. The lowest BCUT2D eigenvalue weighted by Crippen LogP contribution is -2.14. The second-order valence-corrected chi connectivity index (χ2v) is 5.96. The van der Waals surface area contributed by atoms with Gasteiger partial charge in [0.25, 0.3) is 5.91 Å². The van der Waals surface area contributed by atoms with Crippen molar-refractivity contribution in [3.8, 4) is 5.75 Å². The van der Waals surface area contributed by atoms with E-state index in [9.17, 15) is 18.4 Å². The fraction of sp³-hybridized carbons (Fsp3) is 0.263. The molecule has 0 aliphatic heterocycles. The molecule has 7 heteroatoms. The van der Waals surface area contributed by atoms with Crippen LogP contribution in [0, 0.1) is 13.8 Å². The molecule has 1 amide bonds. The van der Waals surface area contributed by atoms with Gasteiger partial charge in [0.05, 0.1) is 5.92 Å². The fourth-order valence-electron chi connectivity index (χ4n) is 2.59. The van der Waals surface area contributed by atoms with Crippen LogP contribution in [0.3, 0.4) is 0 Å². The standard InChI is InChI=1S/C19H19F2NO4/c1-10-7-14(8-11(2)16(10)26-19(20)21)17(23)22-15-6-4-5-13(9-15)12(3)18(24)25/h4-9,12,19H,1-3H3,(H,22,23)(H,24,25). The highest BCUT2D eigenvalue weighted by Crippen LogP contribution is 2.27. The average molecular weight is 363 g/mol. The summed E-state index contributed by atoms with van der Waals surface area (Å²) in [4.78, 5) is 23.5. The number of hydrogen-bond acceptors (Lipinski definition) is 3. The summed E-state index contributed by atoms with van der Waals surface area (Å²) in [6, 6.07) is 9.47. The topological polar surface area (TPSA) is 75.6 Å². The van der Waals surface area contributed by atoms with Gasteiger partial charge in [0.15, 0.2) is 0 Å². The van der Waals surface area contributed by atoms with E-state index in [1.54, 1.807) is 45.0 Å². The number of nitrogens with one attached hydrogen (secondary N) is 1. The number of anilines is 1. The van der Waals surface area contributed by atoms with Gasteiger partial charge in [-0.1, -0.05) is 12.1 Å². The van der Waals surface area contributed by atoms with E-state index in [4.69, 9.17) is 5.11 Å². The van der Waals surface area contributed by atoms with Crippen LogP contribution in [0.25, 0.3) is 0 Å². The molecule has 0 saturated carbocycles. The first kappa shape index (κ1) is 19.4. The number of carboxylic acids is 1. The number of amides is 1.